The number of hydrogen-bond donors (Lipinski definition) is 0. The minimum Gasteiger partial charge on any atom is -0.476 e. The number of benzene rings is 1. The van der Waals surface area contributed by atoms with E-state index in [1.807, 2.05) is 4.90 Å². The van der Waals surface area contributed by atoms with Crippen molar-refractivity contribution in [3.63, 3.8) is 0 Å². The molecule has 0 saturated carbocycles. The molecule has 0 N–H and O–H groups in total. The van der Waals surface area contributed by atoms with E-state index in [0.29, 0.717) is 17.0 Å². The van der Waals surface area contributed by atoms with E-state index in [1.54, 1.807) is 36.9 Å². The first-order valence-corrected chi connectivity index (χ1v) is 10.1. The standard InChI is InChI=1S/C21H27N3O4/c1-21(2)20(27)24(14-18(25)22-9-3-4-10-22)16-13-15(7-8-17(16)28-21)19(26)23-11-5-6-12-23/h7-8,13H,3-6,9-12,14H2,1-2H3. The quantitative estimate of drug-likeness (QED) is 0.799. The topological polar surface area (TPSA) is 70.2 Å². The summed E-state index contributed by atoms with van der Waals surface area (Å²) in [5.74, 6) is 0.157. The minimum absolute atomic E-state index is 0.0278. The number of anilines is 1. The first-order chi connectivity index (χ1) is 13.4. The molecule has 3 amide bonds. The average molecular weight is 385 g/mol. The van der Waals surface area contributed by atoms with Crippen molar-refractivity contribution in [2.75, 3.05) is 37.6 Å². The van der Waals surface area contributed by atoms with E-state index in [1.165, 1.54) is 4.90 Å². The molecule has 0 atom stereocenters. The zero-order chi connectivity index (χ0) is 19.9. The number of amides is 3. The number of hydrogen-bond acceptors (Lipinski definition) is 4. The maximum atomic E-state index is 13.0. The molecule has 0 spiro atoms. The predicted octanol–water partition coefficient (Wildman–Crippen LogP) is 2.05. The summed E-state index contributed by atoms with van der Waals surface area (Å²) in [6, 6.07) is 5.17. The molecule has 7 heteroatoms. The Balaban J connectivity index is 1.65. The van der Waals surface area contributed by atoms with Crippen molar-refractivity contribution in [1.29, 1.82) is 0 Å². The fourth-order valence-corrected chi connectivity index (χ4v) is 4.16. The zero-order valence-corrected chi connectivity index (χ0v) is 16.6. The van der Waals surface area contributed by atoms with E-state index in [4.69, 9.17) is 4.74 Å². The lowest BCUT2D eigenvalue weighted by Crippen LogP contribution is -2.55. The van der Waals surface area contributed by atoms with Gasteiger partial charge in [0.25, 0.3) is 11.8 Å². The maximum absolute atomic E-state index is 13.0. The number of carbonyl (C=O) groups excluding carboxylic acids is 3. The van der Waals surface area contributed by atoms with E-state index in [0.717, 1.165) is 51.9 Å². The van der Waals surface area contributed by atoms with Gasteiger partial charge in [0, 0.05) is 31.7 Å². The Kier molecular flexibility index (Phi) is 4.77. The molecule has 0 bridgehead atoms. The van der Waals surface area contributed by atoms with Crippen LogP contribution < -0.4 is 9.64 Å². The lowest BCUT2D eigenvalue weighted by atomic mass is 10.0. The molecule has 7 nitrogen and oxygen atoms in total. The third-order valence-electron chi connectivity index (χ3n) is 5.77. The van der Waals surface area contributed by atoms with Gasteiger partial charge in [-0.2, -0.15) is 0 Å². The highest BCUT2D eigenvalue weighted by Crippen LogP contribution is 2.38. The summed E-state index contributed by atoms with van der Waals surface area (Å²) in [7, 11) is 0. The molecule has 2 saturated heterocycles. The van der Waals surface area contributed by atoms with Crippen LogP contribution >= 0.6 is 0 Å². The number of nitrogens with zero attached hydrogens (tertiary/aromatic N) is 3. The first-order valence-electron chi connectivity index (χ1n) is 10.1. The highest BCUT2D eigenvalue weighted by molar-refractivity contribution is 6.07. The Bertz CT molecular complexity index is 808. The normalized spacial score (nSPS) is 20.9. The summed E-state index contributed by atoms with van der Waals surface area (Å²) in [6.07, 6.45) is 4.03. The summed E-state index contributed by atoms with van der Waals surface area (Å²) in [5, 5.41) is 0. The molecule has 4 rings (SSSR count). The average Bonchev–Trinajstić information content (AvgIpc) is 3.38. The molecule has 0 radical (unpaired) electrons. The van der Waals surface area contributed by atoms with Gasteiger partial charge >= 0.3 is 0 Å². The van der Waals surface area contributed by atoms with Gasteiger partial charge < -0.3 is 14.5 Å². The Morgan fingerprint density at radius 3 is 2.25 bits per heavy atom. The molecule has 3 aliphatic heterocycles. The van der Waals surface area contributed by atoms with Gasteiger partial charge in [0.15, 0.2) is 5.60 Å². The molecule has 3 heterocycles. The SMILES string of the molecule is CC1(C)Oc2ccc(C(=O)N3CCCC3)cc2N(CC(=O)N2CCCC2)C1=O. The third kappa shape index (κ3) is 3.34. The molecule has 1 aromatic carbocycles. The molecule has 0 aromatic heterocycles. The Hall–Kier alpha value is -2.57. The van der Waals surface area contributed by atoms with E-state index in [-0.39, 0.29) is 24.3 Å². The molecule has 0 unspecified atom stereocenters. The van der Waals surface area contributed by atoms with Crippen molar-refractivity contribution in [2.24, 2.45) is 0 Å². The molecule has 0 aliphatic carbocycles. The van der Waals surface area contributed by atoms with Gasteiger partial charge in [-0.3, -0.25) is 19.3 Å². The summed E-state index contributed by atoms with van der Waals surface area (Å²) in [6.45, 7) is 6.37. The maximum Gasteiger partial charge on any atom is 0.271 e. The van der Waals surface area contributed by atoms with Gasteiger partial charge in [-0.25, -0.2) is 0 Å². The largest absolute Gasteiger partial charge is 0.476 e. The lowest BCUT2D eigenvalue weighted by Gasteiger charge is -2.39. The van der Waals surface area contributed by atoms with Crippen molar-refractivity contribution < 1.29 is 19.1 Å². The molecule has 3 aliphatic rings. The second-order valence-electron chi connectivity index (χ2n) is 8.27. The van der Waals surface area contributed by atoms with Crippen molar-refractivity contribution in [3.05, 3.63) is 23.8 Å². The summed E-state index contributed by atoms with van der Waals surface area (Å²) in [5.41, 5.74) is -0.0315. The van der Waals surface area contributed by atoms with Crippen molar-refractivity contribution in [2.45, 2.75) is 45.1 Å². The smallest absolute Gasteiger partial charge is 0.271 e. The molecular formula is C21H27N3O4. The molecule has 1 aromatic rings. The Morgan fingerprint density at radius 1 is 1.00 bits per heavy atom. The number of rotatable bonds is 3. The molecule has 150 valence electrons. The van der Waals surface area contributed by atoms with Crippen LogP contribution in [0.1, 0.15) is 49.9 Å². The third-order valence-corrected chi connectivity index (χ3v) is 5.77. The number of carbonyl (C=O) groups is 3. The van der Waals surface area contributed by atoms with Gasteiger partial charge in [-0.15, -0.1) is 0 Å². The van der Waals surface area contributed by atoms with E-state index in [2.05, 4.69) is 0 Å². The fourth-order valence-electron chi connectivity index (χ4n) is 4.16. The predicted molar refractivity (Wildman–Crippen MR) is 104 cm³/mol. The Labute approximate surface area is 165 Å². The van der Waals surface area contributed by atoms with Gasteiger partial charge in [0.05, 0.1) is 5.69 Å². The van der Waals surface area contributed by atoms with Crippen LogP contribution in [0.4, 0.5) is 5.69 Å². The van der Waals surface area contributed by atoms with Gasteiger partial charge in [-0.05, 0) is 57.7 Å². The van der Waals surface area contributed by atoms with Crippen molar-refractivity contribution in [3.8, 4) is 5.75 Å². The monoisotopic (exact) mass is 385 g/mol. The van der Waals surface area contributed by atoms with Crippen LogP contribution in [0.5, 0.6) is 5.75 Å². The summed E-state index contributed by atoms with van der Waals surface area (Å²) < 4.78 is 5.89. The Morgan fingerprint density at radius 2 is 1.61 bits per heavy atom. The highest BCUT2D eigenvalue weighted by atomic mass is 16.5. The van der Waals surface area contributed by atoms with Crippen molar-refractivity contribution >= 4 is 23.4 Å². The van der Waals surface area contributed by atoms with Crippen molar-refractivity contribution in [1.82, 2.24) is 9.80 Å². The van der Waals surface area contributed by atoms with Gasteiger partial charge in [-0.1, -0.05) is 0 Å². The van der Waals surface area contributed by atoms with Gasteiger partial charge in [0.2, 0.25) is 5.91 Å². The van der Waals surface area contributed by atoms with Crippen LogP contribution in [0.15, 0.2) is 18.2 Å². The van der Waals surface area contributed by atoms with Crippen LogP contribution in [0.25, 0.3) is 0 Å². The molecular weight excluding hydrogens is 358 g/mol. The first kappa shape index (κ1) is 18.8. The fraction of sp³-hybridized carbons (Fsp3) is 0.571. The van der Waals surface area contributed by atoms with Crippen LogP contribution in [0.2, 0.25) is 0 Å². The highest BCUT2D eigenvalue weighted by Gasteiger charge is 2.42. The van der Waals surface area contributed by atoms with Crippen LogP contribution in [0, 0.1) is 0 Å². The second-order valence-corrected chi connectivity index (χ2v) is 8.27. The number of fused-ring (bicyclic) bond motifs is 1. The van der Waals surface area contributed by atoms with E-state index < -0.39 is 5.60 Å². The van der Waals surface area contributed by atoms with Gasteiger partial charge in [0.1, 0.15) is 12.3 Å². The number of likely N-dealkylation sites (tertiary alicyclic amines) is 2. The van der Waals surface area contributed by atoms with E-state index in [9.17, 15) is 14.4 Å². The summed E-state index contributed by atoms with van der Waals surface area (Å²) >= 11 is 0. The molecule has 2 fully saturated rings. The lowest BCUT2D eigenvalue weighted by molar-refractivity contribution is -0.136. The van der Waals surface area contributed by atoms with Crippen LogP contribution in [-0.4, -0.2) is 65.8 Å². The number of ether oxygens (including phenoxy) is 1. The van der Waals surface area contributed by atoms with Crippen LogP contribution in [0.3, 0.4) is 0 Å². The molecule has 28 heavy (non-hydrogen) atoms. The zero-order valence-electron chi connectivity index (χ0n) is 16.6. The van der Waals surface area contributed by atoms with Crippen LogP contribution in [-0.2, 0) is 9.59 Å². The minimum atomic E-state index is -1.06. The van der Waals surface area contributed by atoms with E-state index >= 15 is 0 Å². The summed E-state index contributed by atoms with van der Waals surface area (Å²) in [4.78, 5) is 43.7. The second kappa shape index (κ2) is 7.11.